The van der Waals surface area contributed by atoms with E-state index in [2.05, 4.69) is 10.6 Å². The van der Waals surface area contributed by atoms with Gasteiger partial charge in [-0.25, -0.2) is 9.59 Å². The summed E-state index contributed by atoms with van der Waals surface area (Å²) in [6, 6.07) is -1.58. The van der Waals surface area contributed by atoms with Crippen molar-refractivity contribution >= 4 is 17.9 Å². The molecule has 0 spiro atoms. The lowest BCUT2D eigenvalue weighted by molar-refractivity contribution is -0.142. The number of primary amides is 1. The van der Waals surface area contributed by atoms with Crippen molar-refractivity contribution in [3.63, 3.8) is 0 Å². The van der Waals surface area contributed by atoms with Crippen LogP contribution in [0.15, 0.2) is 0 Å². The molecule has 5 N–H and O–H groups in total. The molecular formula is C10H19N3O4. The van der Waals surface area contributed by atoms with Gasteiger partial charge in [0.15, 0.2) is 0 Å². The molecule has 1 unspecified atom stereocenters. The average Bonchev–Trinajstić information content (AvgIpc) is 2.21. The first-order valence-electron chi connectivity index (χ1n) is 5.41. The molecule has 0 aliphatic carbocycles. The molecule has 0 aromatic carbocycles. The average molecular weight is 245 g/mol. The summed E-state index contributed by atoms with van der Waals surface area (Å²) in [5, 5.41) is 13.7. The van der Waals surface area contributed by atoms with Gasteiger partial charge in [-0.05, 0) is 12.8 Å². The Bertz CT molecular complexity index is 291. The number of nitrogens with one attached hydrogen (secondary N) is 2. The van der Waals surface area contributed by atoms with Gasteiger partial charge in [-0.2, -0.15) is 0 Å². The van der Waals surface area contributed by atoms with E-state index >= 15 is 0 Å². The van der Waals surface area contributed by atoms with E-state index in [0.29, 0.717) is 6.42 Å². The highest BCUT2D eigenvalue weighted by Crippen LogP contribution is 2.00. The fraction of sp³-hybridized carbons (Fsp3) is 0.700. The fourth-order valence-electron chi connectivity index (χ4n) is 1.11. The summed E-state index contributed by atoms with van der Waals surface area (Å²) in [5.74, 6) is -1.65. The Morgan fingerprint density at radius 2 is 1.88 bits per heavy atom. The zero-order valence-corrected chi connectivity index (χ0v) is 10.0. The van der Waals surface area contributed by atoms with E-state index in [9.17, 15) is 14.4 Å². The Hall–Kier alpha value is -1.79. The lowest BCUT2D eigenvalue weighted by Gasteiger charge is -2.15. The molecule has 17 heavy (non-hydrogen) atoms. The third-order valence-electron chi connectivity index (χ3n) is 2.11. The Morgan fingerprint density at radius 3 is 2.29 bits per heavy atom. The van der Waals surface area contributed by atoms with Crippen LogP contribution in [0.2, 0.25) is 0 Å². The van der Waals surface area contributed by atoms with Gasteiger partial charge < -0.3 is 21.5 Å². The highest BCUT2D eigenvalue weighted by Gasteiger charge is 2.20. The highest BCUT2D eigenvalue weighted by molar-refractivity contribution is 5.84. The minimum Gasteiger partial charge on any atom is -0.480 e. The third-order valence-corrected chi connectivity index (χ3v) is 2.11. The van der Waals surface area contributed by atoms with E-state index < -0.39 is 18.0 Å². The summed E-state index contributed by atoms with van der Waals surface area (Å²) in [5.41, 5.74) is 4.85. The van der Waals surface area contributed by atoms with E-state index in [1.165, 1.54) is 0 Å². The van der Waals surface area contributed by atoms with Crippen LogP contribution in [-0.4, -0.2) is 35.6 Å². The molecule has 0 aromatic heterocycles. The SMILES string of the molecule is CC(C)C(=O)NC(CCCNC(N)=O)C(=O)O. The number of aliphatic carboxylic acids is 1. The number of nitrogens with two attached hydrogens (primary N) is 1. The molecule has 0 radical (unpaired) electrons. The molecule has 0 aliphatic rings. The first-order chi connectivity index (χ1) is 7.84. The van der Waals surface area contributed by atoms with Crippen LogP contribution in [-0.2, 0) is 9.59 Å². The van der Waals surface area contributed by atoms with Gasteiger partial charge in [-0.1, -0.05) is 13.8 Å². The van der Waals surface area contributed by atoms with Crippen LogP contribution in [0.1, 0.15) is 26.7 Å². The highest BCUT2D eigenvalue weighted by atomic mass is 16.4. The van der Waals surface area contributed by atoms with Crippen LogP contribution in [0.3, 0.4) is 0 Å². The number of carboxylic acids is 1. The van der Waals surface area contributed by atoms with Crippen LogP contribution in [0.5, 0.6) is 0 Å². The molecule has 3 amide bonds. The number of carboxylic acid groups (broad SMARTS) is 1. The molecule has 7 nitrogen and oxygen atoms in total. The lowest BCUT2D eigenvalue weighted by Crippen LogP contribution is -2.43. The van der Waals surface area contributed by atoms with Crippen molar-refractivity contribution < 1.29 is 19.5 Å². The molecule has 7 heteroatoms. The molecule has 0 heterocycles. The number of rotatable bonds is 7. The van der Waals surface area contributed by atoms with Gasteiger partial charge in [0.25, 0.3) is 0 Å². The summed E-state index contributed by atoms with van der Waals surface area (Å²) >= 11 is 0. The molecule has 0 aliphatic heterocycles. The maximum Gasteiger partial charge on any atom is 0.326 e. The molecule has 1 atom stereocenters. The molecule has 0 saturated heterocycles. The standard InChI is InChI=1S/C10H19N3O4/c1-6(2)8(14)13-7(9(15)16)4-3-5-12-10(11)17/h6-7H,3-5H2,1-2H3,(H,13,14)(H,15,16)(H3,11,12,17). The van der Waals surface area contributed by atoms with E-state index in [1.54, 1.807) is 13.8 Å². The molecule has 98 valence electrons. The fourth-order valence-corrected chi connectivity index (χ4v) is 1.11. The molecule has 0 rings (SSSR count). The number of hydrogen-bond donors (Lipinski definition) is 4. The van der Waals surface area contributed by atoms with Crippen molar-refractivity contribution in [2.75, 3.05) is 6.54 Å². The summed E-state index contributed by atoms with van der Waals surface area (Å²) < 4.78 is 0. The van der Waals surface area contributed by atoms with Crippen LogP contribution in [0.25, 0.3) is 0 Å². The first-order valence-corrected chi connectivity index (χ1v) is 5.41. The zero-order chi connectivity index (χ0) is 13.4. The summed E-state index contributed by atoms with van der Waals surface area (Å²) in [6.07, 6.45) is 0.673. The molecule has 0 bridgehead atoms. The van der Waals surface area contributed by atoms with E-state index in [4.69, 9.17) is 10.8 Å². The van der Waals surface area contributed by atoms with Crippen molar-refractivity contribution in [1.82, 2.24) is 10.6 Å². The Morgan fingerprint density at radius 1 is 1.29 bits per heavy atom. The van der Waals surface area contributed by atoms with Gasteiger partial charge in [0.1, 0.15) is 6.04 Å². The summed E-state index contributed by atoms with van der Waals surface area (Å²) in [4.78, 5) is 32.6. The van der Waals surface area contributed by atoms with Gasteiger partial charge >= 0.3 is 12.0 Å². The molecule has 0 fully saturated rings. The van der Waals surface area contributed by atoms with Crippen molar-refractivity contribution in [3.8, 4) is 0 Å². The van der Waals surface area contributed by atoms with Crippen molar-refractivity contribution in [2.45, 2.75) is 32.7 Å². The van der Waals surface area contributed by atoms with Gasteiger partial charge in [-0.15, -0.1) is 0 Å². The van der Waals surface area contributed by atoms with Crippen LogP contribution in [0.4, 0.5) is 4.79 Å². The Balaban J connectivity index is 4.04. The van der Waals surface area contributed by atoms with Crippen LogP contribution in [0, 0.1) is 5.92 Å². The van der Waals surface area contributed by atoms with E-state index in [-0.39, 0.29) is 24.8 Å². The van der Waals surface area contributed by atoms with Gasteiger partial charge in [0, 0.05) is 12.5 Å². The minimum atomic E-state index is -1.09. The first kappa shape index (κ1) is 15.2. The quantitative estimate of drug-likeness (QED) is 0.458. The number of hydrogen-bond acceptors (Lipinski definition) is 3. The predicted octanol–water partition coefficient (Wildman–Crippen LogP) is -0.340. The van der Waals surface area contributed by atoms with Crippen LogP contribution >= 0.6 is 0 Å². The van der Waals surface area contributed by atoms with Gasteiger partial charge in [0.05, 0.1) is 0 Å². The smallest absolute Gasteiger partial charge is 0.326 e. The predicted molar refractivity (Wildman–Crippen MR) is 61.2 cm³/mol. The maximum atomic E-state index is 11.3. The van der Waals surface area contributed by atoms with Gasteiger partial charge in [0.2, 0.25) is 5.91 Å². The number of carbonyl (C=O) groups is 3. The lowest BCUT2D eigenvalue weighted by atomic mass is 10.1. The normalized spacial score (nSPS) is 11.9. The van der Waals surface area contributed by atoms with Crippen LogP contribution < -0.4 is 16.4 Å². The number of amides is 3. The maximum absolute atomic E-state index is 11.3. The van der Waals surface area contributed by atoms with E-state index in [0.717, 1.165) is 0 Å². The van der Waals surface area contributed by atoms with Gasteiger partial charge in [-0.3, -0.25) is 4.79 Å². The second kappa shape index (κ2) is 7.48. The van der Waals surface area contributed by atoms with Crippen molar-refractivity contribution in [2.24, 2.45) is 11.7 Å². The Labute approximate surface area is 99.7 Å². The molecule has 0 saturated carbocycles. The minimum absolute atomic E-state index is 0.244. The summed E-state index contributed by atoms with van der Waals surface area (Å²) in [7, 11) is 0. The molecular weight excluding hydrogens is 226 g/mol. The zero-order valence-electron chi connectivity index (χ0n) is 10.0. The third kappa shape index (κ3) is 7.15. The largest absolute Gasteiger partial charge is 0.480 e. The second-order valence-corrected chi connectivity index (χ2v) is 3.99. The molecule has 0 aromatic rings. The number of carbonyl (C=O) groups excluding carboxylic acids is 2. The second-order valence-electron chi connectivity index (χ2n) is 3.99. The topological polar surface area (TPSA) is 122 Å². The van der Waals surface area contributed by atoms with E-state index in [1.807, 2.05) is 0 Å². The Kier molecular flexibility index (Phi) is 6.69. The van der Waals surface area contributed by atoms with Crippen molar-refractivity contribution in [3.05, 3.63) is 0 Å². The number of urea groups is 1. The summed E-state index contributed by atoms with van der Waals surface area (Å²) in [6.45, 7) is 3.66. The van der Waals surface area contributed by atoms with Crippen molar-refractivity contribution in [1.29, 1.82) is 0 Å². The monoisotopic (exact) mass is 245 g/mol.